The van der Waals surface area contributed by atoms with Gasteiger partial charge < -0.3 is 14.2 Å². The number of nitrogens with one attached hydrogen (secondary N) is 1. The highest BCUT2D eigenvalue weighted by Crippen LogP contribution is 2.30. The maximum atomic E-state index is 13.0. The van der Waals surface area contributed by atoms with Crippen molar-refractivity contribution in [2.24, 2.45) is 0 Å². The van der Waals surface area contributed by atoms with E-state index in [0.717, 1.165) is 12.1 Å². The zero-order valence-corrected chi connectivity index (χ0v) is 17.5. The van der Waals surface area contributed by atoms with Gasteiger partial charge in [-0.1, -0.05) is 12.1 Å². The maximum absolute atomic E-state index is 13.0. The van der Waals surface area contributed by atoms with E-state index in [1.54, 1.807) is 31.2 Å². The Morgan fingerprint density at radius 1 is 1.13 bits per heavy atom. The fraction of sp³-hybridized carbons (Fsp3) is 0.316. The zero-order valence-electron chi connectivity index (χ0n) is 16.7. The van der Waals surface area contributed by atoms with Crippen molar-refractivity contribution in [2.45, 2.75) is 24.3 Å². The third-order valence-electron chi connectivity index (χ3n) is 4.12. The smallest absolute Gasteiger partial charge is 0.307 e. The summed E-state index contributed by atoms with van der Waals surface area (Å²) in [5.74, 6) is -0.0373. The van der Waals surface area contributed by atoms with Gasteiger partial charge in [0.15, 0.2) is 4.90 Å². The van der Waals surface area contributed by atoms with Gasteiger partial charge in [-0.15, -0.1) is 0 Å². The zero-order chi connectivity index (χ0) is 22.3. The molecule has 1 unspecified atom stereocenters. The van der Waals surface area contributed by atoms with Crippen molar-refractivity contribution in [2.75, 3.05) is 20.8 Å². The van der Waals surface area contributed by atoms with E-state index in [4.69, 9.17) is 14.2 Å². The van der Waals surface area contributed by atoms with Crippen LogP contribution in [-0.4, -0.2) is 40.1 Å². The molecule has 0 fully saturated rings. The second-order valence-corrected chi connectivity index (χ2v) is 7.73. The van der Waals surface area contributed by atoms with Crippen LogP contribution in [0, 0.1) is 10.1 Å². The number of hydrogen-bond acceptors (Lipinski definition) is 8. The topological polar surface area (TPSA) is 134 Å². The summed E-state index contributed by atoms with van der Waals surface area (Å²) in [6, 6.07) is 8.82. The molecule has 0 heterocycles. The number of hydrogen-bond donors (Lipinski definition) is 1. The number of esters is 1. The van der Waals surface area contributed by atoms with E-state index >= 15 is 0 Å². The van der Waals surface area contributed by atoms with E-state index in [2.05, 4.69) is 4.72 Å². The number of nitrogens with zero attached hydrogens (tertiary/aromatic N) is 1. The molecule has 2 aromatic carbocycles. The minimum Gasteiger partial charge on any atom is -0.497 e. The number of nitro groups is 1. The van der Waals surface area contributed by atoms with Crippen LogP contribution in [-0.2, 0) is 19.6 Å². The van der Waals surface area contributed by atoms with Crippen molar-refractivity contribution in [3.05, 3.63) is 58.1 Å². The van der Waals surface area contributed by atoms with E-state index in [0.29, 0.717) is 11.3 Å². The fourth-order valence-electron chi connectivity index (χ4n) is 2.72. The molecular formula is C19H22N2O8S. The molecule has 0 aromatic heterocycles. The van der Waals surface area contributed by atoms with Crippen molar-refractivity contribution < 1.29 is 32.3 Å². The van der Waals surface area contributed by atoms with Gasteiger partial charge in [0, 0.05) is 0 Å². The molecule has 11 heteroatoms. The molecule has 30 heavy (non-hydrogen) atoms. The molecule has 0 radical (unpaired) electrons. The summed E-state index contributed by atoms with van der Waals surface area (Å²) >= 11 is 0. The predicted molar refractivity (Wildman–Crippen MR) is 107 cm³/mol. The van der Waals surface area contributed by atoms with Gasteiger partial charge in [-0.25, -0.2) is 13.1 Å². The van der Waals surface area contributed by atoms with Crippen molar-refractivity contribution in [1.29, 1.82) is 0 Å². The Labute approximate surface area is 174 Å². The Balaban J connectivity index is 2.47. The van der Waals surface area contributed by atoms with Gasteiger partial charge in [-0.3, -0.25) is 14.9 Å². The number of sulfonamides is 1. The van der Waals surface area contributed by atoms with E-state index < -0.39 is 37.5 Å². The molecule has 2 rings (SSSR count). The number of carbonyl (C=O) groups is 1. The van der Waals surface area contributed by atoms with Crippen LogP contribution in [0.2, 0.25) is 0 Å². The minimum absolute atomic E-state index is 0.125. The van der Waals surface area contributed by atoms with E-state index in [1.807, 2.05) is 0 Å². The molecule has 0 amide bonds. The number of ether oxygens (including phenoxy) is 3. The average Bonchev–Trinajstić information content (AvgIpc) is 2.72. The fourth-order valence-corrected chi connectivity index (χ4v) is 4.09. The van der Waals surface area contributed by atoms with Gasteiger partial charge >= 0.3 is 5.97 Å². The second kappa shape index (κ2) is 10.0. The summed E-state index contributed by atoms with van der Waals surface area (Å²) in [6.45, 7) is 1.75. The molecule has 0 saturated carbocycles. The van der Waals surface area contributed by atoms with E-state index in [-0.39, 0.29) is 18.8 Å². The second-order valence-electron chi connectivity index (χ2n) is 6.05. The number of benzene rings is 2. The summed E-state index contributed by atoms with van der Waals surface area (Å²) in [7, 11) is -1.63. The molecule has 1 atom stereocenters. The van der Waals surface area contributed by atoms with Crippen molar-refractivity contribution >= 4 is 21.7 Å². The van der Waals surface area contributed by atoms with Crippen LogP contribution in [0.1, 0.15) is 24.9 Å². The molecule has 0 spiro atoms. The van der Waals surface area contributed by atoms with Crippen LogP contribution in [0.4, 0.5) is 5.69 Å². The number of nitro benzene ring substituents is 1. The molecule has 0 aliphatic carbocycles. The van der Waals surface area contributed by atoms with Crippen molar-refractivity contribution in [3.63, 3.8) is 0 Å². The molecule has 162 valence electrons. The molecular weight excluding hydrogens is 416 g/mol. The van der Waals surface area contributed by atoms with Crippen LogP contribution < -0.4 is 14.2 Å². The average molecular weight is 438 g/mol. The minimum atomic E-state index is -4.38. The van der Waals surface area contributed by atoms with Gasteiger partial charge in [0.05, 0.1) is 44.3 Å². The predicted octanol–water partition coefficient (Wildman–Crippen LogP) is 2.58. The van der Waals surface area contributed by atoms with Gasteiger partial charge in [-0.05, 0) is 36.8 Å². The lowest BCUT2D eigenvalue weighted by Crippen LogP contribution is -2.31. The highest BCUT2D eigenvalue weighted by atomic mass is 32.2. The standard InChI is InChI=1S/C19H22N2O8S/c1-4-29-19(22)12-16(13-6-5-7-14(10-13)27-2)20-30(25,26)18-9-8-15(28-3)11-17(18)21(23)24/h5-11,16,20H,4,12H2,1-3H3. The molecule has 0 aliphatic rings. The molecule has 2 aromatic rings. The van der Waals surface area contributed by atoms with Crippen LogP contribution in [0.15, 0.2) is 47.4 Å². The normalized spacial score (nSPS) is 12.1. The first-order chi connectivity index (χ1) is 14.2. The van der Waals surface area contributed by atoms with Gasteiger partial charge in [-0.2, -0.15) is 0 Å². The number of carbonyl (C=O) groups excluding carboxylic acids is 1. The highest BCUT2D eigenvalue weighted by Gasteiger charge is 2.30. The van der Waals surface area contributed by atoms with Crippen LogP contribution in [0.5, 0.6) is 11.5 Å². The molecule has 10 nitrogen and oxygen atoms in total. The van der Waals surface area contributed by atoms with Gasteiger partial charge in [0.1, 0.15) is 11.5 Å². The first kappa shape index (κ1) is 23.1. The third-order valence-corrected chi connectivity index (χ3v) is 5.64. The van der Waals surface area contributed by atoms with Crippen LogP contribution in [0.3, 0.4) is 0 Å². The summed E-state index contributed by atoms with van der Waals surface area (Å²) in [6.07, 6.45) is -0.315. The van der Waals surface area contributed by atoms with Gasteiger partial charge in [0.2, 0.25) is 10.0 Å². The summed E-state index contributed by atoms with van der Waals surface area (Å²) < 4.78 is 43.4. The molecule has 1 N–H and O–H groups in total. The Hall–Kier alpha value is -3.18. The lowest BCUT2D eigenvalue weighted by molar-refractivity contribution is -0.387. The summed E-state index contributed by atoms with van der Waals surface area (Å²) in [5, 5.41) is 11.4. The molecule has 0 aliphatic heterocycles. The molecule has 0 saturated heterocycles. The Morgan fingerprint density at radius 3 is 2.40 bits per heavy atom. The SMILES string of the molecule is CCOC(=O)CC(NS(=O)(=O)c1ccc(OC)cc1[N+](=O)[O-])c1cccc(OC)c1. The largest absolute Gasteiger partial charge is 0.497 e. The van der Waals surface area contributed by atoms with Crippen molar-refractivity contribution in [3.8, 4) is 11.5 Å². The third kappa shape index (κ3) is 5.67. The monoisotopic (exact) mass is 438 g/mol. The van der Waals surface area contributed by atoms with E-state index in [9.17, 15) is 23.3 Å². The lowest BCUT2D eigenvalue weighted by atomic mass is 10.0. The Bertz CT molecular complexity index is 1020. The first-order valence-electron chi connectivity index (χ1n) is 8.86. The highest BCUT2D eigenvalue weighted by molar-refractivity contribution is 7.89. The number of methoxy groups -OCH3 is 2. The first-order valence-corrected chi connectivity index (χ1v) is 10.3. The summed E-state index contributed by atoms with van der Waals surface area (Å²) in [4.78, 5) is 22.1. The lowest BCUT2D eigenvalue weighted by Gasteiger charge is -2.19. The Morgan fingerprint density at radius 2 is 1.80 bits per heavy atom. The Kier molecular flexibility index (Phi) is 7.72. The van der Waals surface area contributed by atoms with Crippen LogP contribution in [0.25, 0.3) is 0 Å². The van der Waals surface area contributed by atoms with Crippen molar-refractivity contribution in [1.82, 2.24) is 4.72 Å². The molecule has 0 bridgehead atoms. The van der Waals surface area contributed by atoms with Crippen LogP contribution >= 0.6 is 0 Å². The quantitative estimate of drug-likeness (QED) is 0.340. The summed E-state index contributed by atoms with van der Waals surface area (Å²) in [5.41, 5.74) is -0.218. The van der Waals surface area contributed by atoms with E-state index in [1.165, 1.54) is 20.3 Å². The number of rotatable bonds is 10. The maximum Gasteiger partial charge on any atom is 0.307 e. The van der Waals surface area contributed by atoms with Gasteiger partial charge in [0.25, 0.3) is 5.69 Å².